The number of rotatable bonds is 5. The van der Waals surface area contributed by atoms with Crippen molar-refractivity contribution in [2.24, 2.45) is 11.1 Å². The fraction of sp³-hybridized carbons (Fsp3) is 0.364. The van der Waals surface area contributed by atoms with Gasteiger partial charge in [0.25, 0.3) is 0 Å². The van der Waals surface area contributed by atoms with Gasteiger partial charge in [-0.15, -0.1) is 0 Å². The zero-order valence-corrected chi connectivity index (χ0v) is 15.3. The highest BCUT2D eigenvalue weighted by molar-refractivity contribution is 5.83. The average molecular weight is 350 g/mol. The van der Waals surface area contributed by atoms with Crippen molar-refractivity contribution in [1.82, 2.24) is 4.90 Å². The van der Waals surface area contributed by atoms with E-state index in [0.29, 0.717) is 25.9 Å². The highest BCUT2D eigenvalue weighted by Gasteiger charge is 2.41. The fourth-order valence-corrected chi connectivity index (χ4v) is 3.84. The number of primary amides is 1. The molecule has 4 heteroatoms. The second kappa shape index (κ2) is 7.73. The van der Waals surface area contributed by atoms with E-state index in [1.807, 2.05) is 25.1 Å². The Bertz CT molecular complexity index is 770. The van der Waals surface area contributed by atoms with E-state index in [9.17, 15) is 9.59 Å². The summed E-state index contributed by atoms with van der Waals surface area (Å²) >= 11 is 0. The van der Waals surface area contributed by atoms with Crippen LogP contribution in [-0.2, 0) is 16.0 Å². The molecule has 3 rings (SSSR count). The van der Waals surface area contributed by atoms with Crippen molar-refractivity contribution < 1.29 is 9.59 Å². The van der Waals surface area contributed by atoms with Gasteiger partial charge in [-0.3, -0.25) is 9.59 Å². The van der Waals surface area contributed by atoms with Crippen LogP contribution in [0, 0.1) is 5.41 Å². The first-order valence-electron chi connectivity index (χ1n) is 9.26. The summed E-state index contributed by atoms with van der Waals surface area (Å²) in [6.07, 6.45) is 2.58. The van der Waals surface area contributed by atoms with Gasteiger partial charge >= 0.3 is 0 Å². The van der Waals surface area contributed by atoms with Gasteiger partial charge in [0, 0.05) is 19.5 Å². The van der Waals surface area contributed by atoms with Crippen LogP contribution < -0.4 is 5.73 Å². The molecule has 26 heavy (non-hydrogen) atoms. The molecule has 2 aromatic carbocycles. The van der Waals surface area contributed by atoms with Crippen LogP contribution in [0.25, 0.3) is 11.1 Å². The lowest BCUT2D eigenvalue weighted by Crippen LogP contribution is -2.53. The van der Waals surface area contributed by atoms with Crippen LogP contribution in [0.2, 0.25) is 0 Å². The van der Waals surface area contributed by atoms with E-state index in [1.54, 1.807) is 4.90 Å². The van der Waals surface area contributed by atoms with Crippen molar-refractivity contribution in [2.75, 3.05) is 13.1 Å². The van der Waals surface area contributed by atoms with E-state index in [-0.39, 0.29) is 11.8 Å². The SMILES string of the molecule is CCC(=O)N1CCC[C@](Cc2ccc(-c3ccccc3)cc2)(C(N)=O)C1. The van der Waals surface area contributed by atoms with Gasteiger partial charge in [0.2, 0.25) is 11.8 Å². The lowest BCUT2D eigenvalue weighted by molar-refractivity contribution is -0.139. The molecule has 1 atom stereocenters. The minimum absolute atomic E-state index is 0.0924. The molecule has 4 nitrogen and oxygen atoms in total. The van der Waals surface area contributed by atoms with Crippen LogP contribution >= 0.6 is 0 Å². The number of nitrogens with zero attached hydrogens (tertiary/aromatic N) is 1. The Morgan fingerprint density at radius 1 is 1.04 bits per heavy atom. The van der Waals surface area contributed by atoms with Crippen molar-refractivity contribution in [3.63, 3.8) is 0 Å². The topological polar surface area (TPSA) is 63.4 Å². The third kappa shape index (κ3) is 3.79. The maximum Gasteiger partial charge on any atom is 0.225 e. The lowest BCUT2D eigenvalue weighted by atomic mass is 9.74. The molecular formula is C22H26N2O2. The largest absolute Gasteiger partial charge is 0.369 e. The molecule has 0 bridgehead atoms. The number of hydrogen-bond acceptors (Lipinski definition) is 2. The summed E-state index contributed by atoms with van der Waals surface area (Å²) in [5.41, 5.74) is 8.52. The van der Waals surface area contributed by atoms with Crippen molar-refractivity contribution >= 4 is 11.8 Å². The van der Waals surface area contributed by atoms with Crippen LogP contribution in [0.15, 0.2) is 54.6 Å². The normalized spacial score (nSPS) is 20.0. The molecule has 0 aliphatic carbocycles. The third-order valence-electron chi connectivity index (χ3n) is 5.36. The summed E-state index contributed by atoms with van der Waals surface area (Å²) in [6.45, 7) is 3.00. The maximum atomic E-state index is 12.3. The monoisotopic (exact) mass is 350 g/mol. The van der Waals surface area contributed by atoms with Gasteiger partial charge in [0.15, 0.2) is 0 Å². The molecule has 136 valence electrons. The van der Waals surface area contributed by atoms with Crippen LogP contribution in [-0.4, -0.2) is 29.8 Å². The predicted molar refractivity (Wildman–Crippen MR) is 103 cm³/mol. The molecule has 1 aliphatic heterocycles. The number of carbonyl (C=O) groups is 2. The first-order chi connectivity index (χ1) is 12.5. The zero-order chi connectivity index (χ0) is 18.6. The Kier molecular flexibility index (Phi) is 5.40. The second-order valence-electron chi connectivity index (χ2n) is 7.16. The molecule has 1 heterocycles. The zero-order valence-electron chi connectivity index (χ0n) is 15.3. The van der Waals surface area contributed by atoms with Gasteiger partial charge in [-0.25, -0.2) is 0 Å². The minimum Gasteiger partial charge on any atom is -0.369 e. The molecule has 1 aliphatic rings. The number of likely N-dealkylation sites (tertiary alicyclic amines) is 1. The van der Waals surface area contributed by atoms with Crippen molar-refractivity contribution in [3.8, 4) is 11.1 Å². The minimum atomic E-state index is -0.669. The molecule has 2 aromatic rings. The van der Waals surface area contributed by atoms with Crippen LogP contribution in [0.1, 0.15) is 31.7 Å². The number of amides is 2. The molecule has 1 fully saturated rings. The average Bonchev–Trinajstić information content (AvgIpc) is 2.68. The highest BCUT2D eigenvalue weighted by atomic mass is 16.2. The van der Waals surface area contributed by atoms with E-state index in [4.69, 9.17) is 5.73 Å². The Morgan fingerprint density at radius 3 is 2.31 bits per heavy atom. The van der Waals surface area contributed by atoms with E-state index in [2.05, 4.69) is 36.4 Å². The van der Waals surface area contributed by atoms with E-state index in [1.165, 1.54) is 5.56 Å². The van der Waals surface area contributed by atoms with Gasteiger partial charge in [0.05, 0.1) is 5.41 Å². The summed E-state index contributed by atoms with van der Waals surface area (Å²) in [7, 11) is 0. The van der Waals surface area contributed by atoms with Gasteiger partial charge in [0.1, 0.15) is 0 Å². The van der Waals surface area contributed by atoms with E-state index < -0.39 is 5.41 Å². The molecule has 0 aromatic heterocycles. The summed E-state index contributed by atoms with van der Waals surface area (Å²) in [6, 6.07) is 18.5. The third-order valence-corrected chi connectivity index (χ3v) is 5.36. The number of carbonyl (C=O) groups excluding carboxylic acids is 2. The summed E-state index contributed by atoms with van der Waals surface area (Å²) < 4.78 is 0. The molecule has 0 spiro atoms. The van der Waals surface area contributed by atoms with Gasteiger partial charge in [-0.2, -0.15) is 0 Å². The Morgan fingerprint density at radius 2 is 1.69 bits per heavy atom. The maximum absolute atomic E-state index is 12.3. The Labute approximate surface area is 155 Å². The predicted octanol–water partition coefficient (Wildman–Crippen LogP) is 3.40. The summed E-state index contributed by atoms with van der Waals surface area (Å²) in [5.74, 6) is -0.215. The number of piperidine rings is 1. The van der Waals surface area contributed by atoms with E-state index >= 15 is 0 Å². The molecule has 2 amide bonds. The molecule has 2 N–H and O–H groups in total. The number of hydrogen-bond donors (Lipinski definition) is 1. The summed E-state index contributed by atoms with van der Waals surface area (Å²) in [5, 5.41) is 0. The van der Waals surface area contributed by atoms with Crippen LogP contribution in [0.4, 0.5) is 0 Å². The lowest BCUT2D eigenvalue weighted by Gasteiger charge is -2.41. The van der Waals surface area contributed by atoms with Crippen molar-refractivity contribution in [2.45, 2.75) is 32.6 Å². The highest BCUT2D eigenvalue weighted by Crippen LogP contribution is 2.34. The number of benzene rings is 2. The molecule has 0 unspecified atom stereocenters. The smallest absolute Gasteiger partial charge is 0.225 e. The van der Waals surface area contributed by atoms with Gasteiger partial charge in [-0.05, 0) is 36.0 Å². The first kappa shape index (κ1) is 18.2. The van der Waals surface area contributed by atoms with Crippen molar-refractivity contribution in [3.05, 3.63) is 60.2 Å². The van der Waals surface area contributed by atoms with Crippen molar-refractivity contribution in [1.29, 1.82) is 0 Å². The molecule has 0 saturated carbocycles. The van der Waals surface area contributed by atoms with Gasteiger partial charge < -0.3 is 10.6 Å². The number of nitrogens with two attached hydrogens (primary N) is 1. The summed E-state index contributed by atoms with van der Waals surface area (Å²) in [4.78, 5) is 26.2. The Balaban J connectivity index is 1.80. The van der Waals surface area contributed by atoms with E-state index in [0.717, 1.165) is 24.0 Å². The standard InChI is InChI=1S/C22H26N2O2/c1-2-20(25)24-14-6-13-22(16-24,21(23)26)15-17-9-11-19(12-10-17)18-7-4-3-5-8-18/h3-5,7-12H,2,6,13-16H2,1H3,(H2,23,26)/t22-/m1/s1. The second-order valence-corrected chi connectivity index (χ2v) is 7.16. The fourth-order valence-electron chi connectivity index (χ4n) is 3.84. The molecule has 1 saturated heterocycles. The van der Waals surface area contributed by atoms with Crippen LogP contribution in [0.5, 0.6) is 0 Å². The quantitative estimate of drug-likeness (QED) is 0.898. The van der Waals surface area contributed by atoms with Crippen LogP contribution in [0.3, 0.4) is 0 Å². The Hall–Kier alpha value is -2.62. The first-order valence-corrected chi connectivity index (χ1v) is 9.26. The van der Waals surface area contributed by atoms with Gasteiger partial charge in [-0.1, -0.05) is 61.5 Å². The molecular weight excluding hydrogens is 324 g/mol. The molecule has 0 radical (unpaired) electrons.